The molecule has 1 aromatic rings. The van der Waals surface area contributed by atoms with Crippen molar-refractivity contribution in [2.45, 2.75) is 32.8 Å². The fourth-order valence-corrected chi connectivity index (χ4v) is 3.03. The van der Waals surface area contributed by atoms with Crippen LogP contribution in [0.1, 0.15) is 27.2 Å². The molecule has 0 fully saturated rings. The summed E-state index contributed by atoms with van der Waals surface area (Å²) in [4.78, 5) is 11.5. The van der Waals surface area contributed by atoms with Crippen molar-refractivity contribution in [3.8, 4) is 0 Å². The molecule has 0 saturated heterocycles. The minimum Gasteiger partial charge on any atom is -0.444 e. The number of nitrogens with zero attached hydrogens (tertiary/aromatic N) is 2. The maximum absolute atomic E-state index is 11.5. The summed E-state index contributed by atoms with van der Waals surface area (Å²) in [6, 6.07) is 1.65. The van der Waals surface area contributed by atoms with Gasteiger partial charge in [0.25, 0.3) is 0 Å². The van der Waals surface area contributed by atoms with Crippen molar-refractivity contribution >= 4 is 57.7 Å². The van der Waals surface area contributed by atoms with Crippen LogP contribution in [0.15, 0.2) is 14.8 Å². The zero-order valence-corrected chi connectivity index (χ0v) is 15.4. The molecule has 9 heteroatoms. The molecular formula is C14H18Cl2N4O2S. The number of fused-ring (bicyclic) bond motifs is 1. The molecule has 23 heavy (non-hydrogen) atoms. The van der Waals surface area contributed by atoms with E-state index in [9.17, 15) is 4.79 Å². The third-order valence-electron chi connectivity index (χ3n) is 2.77. The number of amides is 1. The summed E-state index contributed by atoms with van der Waals surface area (Å²) >= 11 is 13.4. The van der Waals surface area contributed by atoms with Gasteiger partial charge in [0.1, 0.15) is 17.0 Å². The zero-order chi connectivity index (χ0) is 17.0. The van der Waals surface area contributed by atoms with Gasteiger partial charge < -0.3 is 15.4 Å². The molecular weight excluding hydrogens is 359 g/mol. The molecule has 1 heterocycles. The molecule has 0 saturated carbocycles. The third kappa shape index (κ3) is 5.09. The summed E-state index contributed by atoms with van der Waals surface area (Å²) in [6.45, 7) is 6.58. The molecule has 0 radical (unpaired) electrons. The second kappa shape index (κ2) is 7.51. The highest BCUT2D eigenvalue weighted by molar-refractivity contribution is 7.58. The first-order valence-corrected chi connectivity index (χ1v) is 8.57. The molecule has 0 atom stereocenters. The quantitative estimate of drug-likeness (QED) is 0.717. The van der Waals surface area contributed by atoms with E-state index in [1.807, 2.05) is 20.8 Å². The van der Waals surface area contributed by atoms with Crippen LogP contribution in [-0.2, 0) is 16.1 Å². The molecule has 6 nitrogen and oxygen atoms in total. The van der Waals surface area contributed by atoms with Gasteiger partial charge in [-0.15, -0.1) is 0 Å². The monoisotopic (exact) mass is 376 g/mol. The van der Waals surface area contributed by atoms with E-state index in [4.69, 9.17) is 27.9 Å². The van der Waals surface area contributed by atoms with Crippen LogP contribution >= 0.6 is 23.2 Å². The highest BCUT2D eigenvalue weighted by atomic mass is 35.5. The number of rotatable bonds is 5. The lowest BCUT2D eigenvalue weighted by Crippen LogP contribution is -2.33. The molecule has 1 amide bonds. The maximum Gasteiger partial charge on any atom is 0.407 e. The smallest absolute Gasteiger partial charge is 0.407 e. The van der Waals surface area contributed by atoms with Crippen molar-refractivity contribution in [1.82, 2.24) is 5.32 Å². The predicted molar refractivity (Wildman–Crippen MR) is 95.3 cm³/mol. The van der Waals surface area contributed by atoms with Gasteiger partial charge in [-0.2, -0.15) is 8.73 Å². The lowest BCUT2D eigenvalue weighted by molar-refractivity contribution is 0.0528. The van der Waals surface area contributed by atoms with E-state index in [1.54, 1.807) is 6.07 Å². The Kier molecular flexibility index (Phi) is 5.89. The van der Waals surface area contributed by atoms with Crippen molar-refractivity contribution in [2.75, 3.05) is 18.4 Å². The van der Waals surface area contributed by atoms with Crippen LogP contribution in [0.25, 0.3) is 0 Å². The fraction of sp³-hybridized carbons (Fsp3) is 0.500. The molecule has 0 unspecified atom stereocenters. The molecule has 0 aliphatic carbocycles. The minimum absolute atomic E-state index is 0.423. The number of alkyl carbamates (subject to hydrolysis) is 1. The summed E-state index contributed by atoms with van der Waals surface area (Å²) in [5.41, 5.74) is 1.50. The van der Waals surface area contributed by atoms with Gasteiger partial charge in [-0.3, -0.25) is 0 Å². The topological polar surface area (TPSA) is 75.1 Å². The van der Waals surface area contributed by atoms with E-state index in [1.165, 1.54) is 0 Å². The molecule has 2 N–H and O–H groups in total. The summed E-state index contributed by atoms with van der Waals surface area (Å²) in [6.07, 6.45) is 0.283. The first kappa shape index (κ1) is 18.0. The van der Waals surface area contributed by atoms with Gasteiger partial charge >= 0.3 is 6.09 Å². The van der Waals surface area contributed by atoms with Crippen LogP contribution in [0.5, 0.6) is 0 Å². The van der Waals surface area contributed by atoms with E-state index >= 15 is 0 Å². The van der Waals surface area contributed by atoms with Crippen molar-refractivity contribution in [1.29, 1.82) is 0 Å². The summed E-state index contributed by atoms with van der Waals surface area (Å²) in [5.74, 6) is 0. The number of halogens is 2. The van der Waals surface area contributed by atoms with Gasteiger partial charge in [0, 0.05) is 13.1 Å². The highest BCUT2D eigenvalue weighted by Gasteiger charge is 2.18. The molecule has 0 spiro atoms. The van der Waals surface area contributed by atoms with Crippen LogP contribution in [0.2, 0.25) is 10.0 Å². The Labute approximate surface area is 148 Å². The van der Waals surface area contributed by atoms with Crippen LogP contribution in [-0.4, -0.2) is 24.8 Å². The van der Waals surface area contributed by atoms with Gasteiger partial charge in [0.2, 0.25) is 0 Å². The number of ether oxygens (including phenoxy) is 1. The highest BCUT2D eigenvalue weighted by Crippen LogP contribution is 2.47. The minimum atomic E-state index is -0.498. The zero-order valence-electron chi connectivity index (χ0n) is 13.1. The largest absolute Gasteiger partial charge is 0.444 e. The predicted octanol–water partition coefficient (Wildman–Crippen LogP) is 5.05. The lowest BCUT2D eigenvalue weighted by atomic mass is 10.2. The van der Waals surface area contributed by atoms with Crippen molar-refractivity contribution in [2.24, 2.45) is 8.73 Å². The summed E-state index contributed by atoms with van der Waals surface area (Å²) < 4.78 is 13.5. The van der Waals surface area contributed by atoms with E-state index in [-0.39, 0.29) is 0 Å². The van der Waals surface area contributed by atoms with Crippen LogP contribution in [0.4, 0.5) is 21.9 Å². The molecule has 2 rings (SSSR count). The number of carbonyl (C=O) groups excluding carboxylic acids is 1. The Hall–Kier alpha value is -1.31. The van der Waals surface area contributed by atoms with E-state index < -0.39 is 11.7 Å². The molecule has 126 valence electrons. The molecule has 0 aromatic heterocycles. The second-order valence-corrected chi connectivity index (χ2v) is 7.23. The maximum atomic E-state index is 11.5. The first-order chi connectivity index (χ1) is 10.8. The van der Waals surface area contributed by atoms with Gasteiger partial charge in [-0.1, -0.05) is 23.2 Å². The Morgan fingerprint density at radius 3 is 2.61 bits per heavy atom. The van der Waals surface area contributed by atoms with Gasteiger partial charge in [-0.25, -0.2) is 4.79 Å². The van der Waals surface area contributed by atoms with Crippen LogP contribution in [0.3, 0.4) is 0 Å². The van der Waals surface area contributed by atoms with Gasteiger partial charge in [0.05, 0.1) is 27.1 Å². The molecule has 1 aromatic carbocycles. The SMILES string of the molecule is CC(C)(C)OC(=O)NCCCNc1c(Cl)cc(Cl)c2c1N=S=N2. The number of hydrogen-bond donors (Lipinski definition) is 2. The normalized spacial score (nSPS) is 12.6. The van der Waals surface area contributed by atoms with E-state index in [2.05, 4.69) is 19.4 Å². The Balaban J connectivity index is 1.81. The van der Waals surface area contributed by atoms with Crippen LogP contribution < -0.4 is 10.6 Å². The molecule has 1 aliphatic heterocycles. The average molecular weight is 377 g/mol. The van der Waals surface area contributed by atoms with Crippen LogP contribution in [0, 0.1) is 0 Å². The average Bonchev–Trinajstić information content (AvgIpc) is 2.89. The Bertz CT molecular complexity index is 682. The Morgan fingerprint density at radius 2 is 1.91 bits per heavy atom. The third-order valence-corrected chi connectivity index (χ3v) is 3.88. The van der Waals surface area contributed by atoms with E-state index in [0.29, 0.717) is 46.6 Å². The van der Waals surface area contributed by atoms with Gasteiger partial charge in [-0.05, 0) is 33.3 Å². The van der Waals surface area contributed by atoms with Gasteiger partial charge in [0.15, 0.2) is 0 Å². The van der Waals surface area contributed by atoms with Crippen molar-refractivity contribution in [3.63, 3.8) is 0 Å². The molecule has 0 bridgehead atoms. The Morgan fingerprint density at radius 1 is 1.22 bits per heavy atom. The van der Waals surface area contributed by atoms with Crippen molar-refractivity contribution < 1.29 is 9.53 Å². The van der Waals surface area contributed by atoms with E-state index in [0.717, 1.165) is 11.4 Å². The number of nitrogens with one attached hydrogen (secondary N) is 2. The summed E-state index contributed by atoms with van der Waals surface area (Å²) in [5, 5.41) is 6.89. The standard InChI is InChI=1S/C14H18Cl2N4O2S/c1-14(2,3)22-13(21)18-6-4-5-17-10-8(15)7-9(16)11-12(10)20-23-19-11/h7,17H,4-6H2,1-3H3,(H,18,21). The van der Waals surface area contributed by atoms with Crippen molar-refractivity contribution in [3.05, 3.63) is 16.1 Å². The summed E-state index contributed by atoms with van der Waals surface area (Å²) in [7, 11) is 0. The first-order valence-electron chi connectivity index (χ1n) is 7.09. The lowest BCUT2D eigenvalue weighted by Gasteiger charge is -2.19. The second-order valence-electron chi connectivity index (χ2n) is 5.89. The number of benzene rings is 1. The number of carbonyl (C=O) groups is 1. The number of hydrogen-bond acceptors (Lipinski definition) is 5. The number of anilines is 1. The fourth-order valence-electron chi connectivity index (χ4n) is 1.85. The molecule has 1 aliphatic rings.